The van der Waals surface area contributed by atoms with E-state index in [-0.39, 0.29) is 0 Å². The lowest BCUT2D eigenvalue weighted by Crippen LogP contribution is -2.29. The minimum absolute atomic E-state index is 0.396. The number of fused-ring (bicyclic) bond motifs is 1. The Morgan fingerprint density at radius 2 is 1.95 bits per heavy atom. The third kappa shape index (κ3) is 2.29. The molecule has 1 aliphatic heterocycles. The standard InChI is InChI=1S/C16H17N5/c1-2-5-12(6-3-1)14-8-9-15-18-19-16(21(15)20-14)13-7-4-10-17-11-13/h1-3,5-6,8-9,13,17H,4,7,10-11H2/t13-/m1/s1. The Kier molecular flexibility index (Phi) is 3.12. The number of hydrogen-bond acceptors (Lipinski definition) is 4. The highest BCUT2D eigenvalue weighted by Crippen LogP contribution is 2.23. The van der Waals surface area contributed by atoms with Crippen molar-refractivity contribution >= 4 is 5.65 Å². The molecule has 0 amide bonds. The van der Waals surface area contributed by atoms with Crippen LogP contribution in [0.4, 0.5) is 0 Å². The molecule has 4 rings (SSSR count). The van der Waals surface area contributed by atoms with Crippen LogP contribution in [0, 0.1) is 0 Å². The predicted octanol–water partition coefficient (Wildman–Crippen LogP) is 2.26. The normalized spacial score (nSPS) is 19.0. The van der Waals surface area contributed by atoms with Crippen LogP contribution >= 0.6 is 0 Å². The lowest BCUT2D eigenvalue weighted by Gasteiger charge is -2.20. The van der Waals surface area contributed by atoms with Gasteiger partial charge in [0.25, 0.3) is 0 Å². The van der Waals surface area contributed by atoms with Gasteiger partial charge < -0.3 is 5.32 Å². The smallest absolute Gasteiger partial charge is 0.177 e. The Morgan fingerprint density at radius 1 is 1.05 bits per heavy atom. The Labute approximate surface area is 123 Å². The van der Waals surface area contributed by atoms with Crippen molar-refractivity contribution in [2.75, 3.05) is 13.1 Å². The SMILES string of the molecule is c1ccc(-c2ccc3nnc([C@@H]4CCCNC4)n3n2)cc1. The van der Waals surface area contributed by atoms with Gasteiger partial charge in [0, 0.05) is 18.0 Å². The molecule has 21 heavy (non-hydrogen) atoms. The minimum atomic E-state index is 0.396. The zero-order valence-electron chi connectivity index (χ0n) is 11.7. The average molecular weight is 279 g/mol. The van der Waals surface area contributed by atoms with Crippen molar-refractivity contribution in [3.05, 3.63) is 48.3 Å². The molecule has 5 heteroatoms. The van der Waals surface area contributed by atoms with Crippen molar-refractivity contribution in [2.45, 2.75) is 18.8 Å². The summed E-state index contributed by atoms with van der Waals surface area (Å²) in [6.45, 7) is 2.05. The molecule has 5 nitrogen and oxygen atoms in total. The molecule has 0 bridgehead atoms. The summed E-state index contributed by atoms with van der Waals surface area (Å²) >= 11 is 0. The summed E-state index contributed by atoms with van der Waals surface area (Å²) in [5, 5.41) is 16.8. The van der Waals surface area contributed by atoms with Gasteiger partial charge in [0.1, 0.15) is 0 Å². The van der Waals surface area contributed by atoms with Crippen molar-refractivity contribution < 1.29 is 0 Å². The zero-order chi connectivity index (χ0) is 14.1. The second-order valence-corrected chi connectivity index (χ2v) is 5.46. The molecule has 1 N–H and O–H groups in total. The van der Waals surface area contributed by atoms with E-state index in [9.17, 15) is 0 Å². The van der Waals surface area contributed by atoms with E-state index in [1.54, 1.807) is 0 Å². The molecule has 0 unspecified atom stereocenters. The highest BCUT2D eigenvalue weighted by molar-refractivity contribution is 5.59. The Morgan fingerprint density at radius 3 is 2.76 bits per heavy atom. The molecular weight excluding hydrogens is 262 g/mol. The molecule has 0 aliphatic carbocycles. The number of nitrogens with zero attached hydrogens (tertiary/aromatic N) is 4. The van der Waals surface area contributed by atoms with Crippen LogP contribution in [0.3, 0.4) is 0 Å². The molecule has 1 atom stereocenters. The molecule has 0 saturated carbocycles. The van der Waals surface area contributed by atoms with Crippen molar-refractivity contribution in [3.8, 4) is 11.3 Å². The first kappa shape index (κ1) is 12.5. The third-order valence-corrected chi connectivity index (χ3v) is 4.02. The second-order valence-electron chi connectivity index (χ2n) is 5.46. The molecule has 3 aromatic rings. The van der Waals surface area contributed by atoms with Gasteiger partial charge in [-0.3, -0.25) is 0 Å². The van der Waals surface area contributed by atoms with Gasteiger partial charge in [-0.05, 0) is 31.5 Å². The molecule has 0 radical (unpaired) electrons. The van der Waals surface area contributed by atoms with Crippen molar-refractivity contribution in [1.82, 2.24) is 25.1 Å². The summed E-state index contributed by atoms with van der Waals surface area (Å²) in [4.78, 5) is 0. The first-order chi connectivity index (χ1) is 10.4. The van der Waals surface area contributed by atoms with E-state index in [1.165, 1.54) is 6.42 Å². The lowest BCUT2D eigenvalue weighted by molar-refractivity contribution is 0.440. The highest BCUT2D eigenvalue weighted by Gasteiger charge is 2.21. The van der Waals surface area contributed by atoms with E-state index < -0.39 is 0 Å². The Bertz CT molecular complexity index is 744. The van der Waals surface area contributed by atoms with Crippen molar-refractivity contribution in [1.29, 1.82) is 0 Å². The van der Waals surface area contributed by atoms with Crippen molar-refractivity contribution in [2.24, 2.45) is 0 Å². The number of nitrogens with one attached hydrogen (secondary N) is 1. The third-order valence-electron chi connectivity index (χ3n) is 4.02. The molecule has 0 spiro atoms. The largest absolute Gasteiger partial charge is 0.316 e. The van der Waals surface area contributed by atoms with Gasteiger partial charge in [-0.15, -0.1) is 10.2 Å². The fourth-order valence-corrected chi connectivity index (χ4v) is 2.90. The van der Waals surface area contributed by atoms with E-state index in [0.717, 1.165) is 42.2 Å². The predicted molar refractivity (Wildman–Crippen MR) is 81.1 cm³/mol. The highest BCUT2D eigenvalue weighted by atomic mass is 15.4. The summed E-state index contributed by atoms with van der Waals surface area (Å²) in [7, 11) is 0. The topological polar surface area (TPSA) is 55.1 Å². The monoisotopic (exact) mass is 279 g/mol. The van der Waals surface area contributed by atoms with Gasteiger partial charge in [0.15, 0.2) is 11.5 Å². The molecule has 1 aromatic carbocycles. The fraction of sp³-hybridized carbons (Fsp3) is 0.312. The van der Waals surface area contributed by atoms with Crippen molar-refractivity contribution in [3.63, 3.8) is 0 Å². The van der Waals surface area contributed by atoms with Crippen LogP contribution in [-0.4, -0.2) is 32.9 Å². The van der Waals surface area contributed by atoms with Crippen LogP contribution in [0.15, 0.2) is 42.5 Å². The van der Waals surface area contributed by atoms with E-state index >= 15 is 0 Å². The lowest BCUT2D eigenvalue weighted by atomic mass is 9.99. The van der Waals surface area contributed by atoms with Gasteiger partial charge in [0.2, 0.25) is 0 Å². The summed E-state index contributed by atoms with van der Waals surface area (Å²) in [5.74, 6) is 1.36. The van der Waals surface area contributed by atoms with Crippen LogP contribution in [0.25, 0.3) is 16.9 Å². The summed E-state index contributed by atoms with van der Waals surface area (Å²) in [6, 6.07) is 14.2. The molecular formula is C16H17N5. The summed E-state index contributed by atoms with van der Waals surface area (Å²) in [6.07, 6.45) is 2.32. The van der Waals surface area contributed by atoms with E-state index in [1.807, 2.05) is 34.8 Å². The minimum Gasteiger partial charge on any atom is -0.316 e. The van der Waals surface area contributed by atoms with Crippen LogP contribution in [0.2, 0.25) is 0 Å². The molecule has 3 heterocycles. The average Bonchev–Trinajstić information content (AvgIpc) is 2.99. The van der Waals surface area contributed by atoms with E-state index in [4.69, 9.17) is 5.10 Å². The zero-order valence-corrected chi connectivity index (χ0v) is 11.7. The van der Waals surface area contributed by atoms with Crippen LogP contribution in [0.1, 0.15) is 24.6 Å². The number of aromatic nitrogens is 4. The number of benzene rings is 1. The molecule has 1 fully saturated rings. The summed E-state index contributed by atoms with van der Waals surface area (Å²) < 4.78 is 1.90. The first-order valence-electron chi connectivity index (χ1n) is 7.40. The molecule has 1 aliphatic rings. The van der Waals surface area contributed by atoms with E-state index in [2.05, 4.69) is 27.6 Å². The van der Waals surface area contributed by atoms with Crippen LogP contribution in [0.5, 0.6) is 0 Å². The second kappa shape index (κ2) is 5.26. The first-order valence-corrected chi connectivity index (χ1v) is 7.40. The van der Waals surface area contributed by atoms with Gasteiger partial charge in [-0.2, -0.15) is 9.61 Å². The van der Waals surface area contributed by atoms with Gasteiger partial charge in [-0.1, -0.05) is 30.3 Å². The number of piperidine rings is 1. The Balaban J connectivity index is 1.79. The van der Waals surface area contributed by atoms with E-state index in [0.29, 0.717) is 5.92 Å². The maximum atomic E-state index is 4.74. The quantitative estimate of drug-likeness (QED) is 0.782. The van der Waals surface area contributed by atoms with Gasteiger partial charge >= 0.3 is 0 Å². The maximum Gasteiger partial charge on any atom is 0.177 e. The maximum absolute atomic E-state index is 4.74. The van der Waals surface area contributed by atoms with Gasteiger partial charge in [0.05, 0.1) is 5.69 Å². The fourth-order valence-electron chi connectivity index (χ4n) is 2.90. The number of rotatable bonds is 2. The van der Waals surface area contributed by atoms with Crippen LogP contribution < -0.4 is 5.32 Å². The molecule has 1 saturated heterocycles. The molecule has 2 aromatic heterocycles. The molecule has 106 valence electrons. The summed E-state index contributed by atoms with van der Waals surface area (Å²) in [5.41, 5.74) is 2.88. The number of hydrogen-bond donors (Lipinski definition) is 1. The Hall–Kier alpha value is -2.27. The van der Waals surface area contributed by atoms with Gasteiger partial charge in [-0.25, -0.2) is 0 Å². The van der Waals surface area contributed by atoms with Crippen LogP contribution in [-0.2, 0) is 0 Å².